The SMILES string of the molecule is Cc1ccc(Nc2c(-c3ccc(Cl)cc3)nc3cnccn23)c(Br)c1. The van der Waals surface area contributed by atoms with E-state index >= 15 is 0 Å². The Morgan fingerprint density at radius 3 is 2.68 bits per heavy atom. The van der Waals surface area contributed by atoms with Crippen molar-refractivity contribution in [2.24, 2.45) is 0 Å². The number of halogens is 2. The minimum atomic E-state index is 0.699. The molecule has 25 heavy (non-hydrogen) atoms. The second kappa shape index (κ2) is 6.50. The van der Waals surface area contributed by atoms with E-state index in [-0.39, 0.29) is 0 Å². The lowest BCUT2D eigenvalue weighted by molar-refractivity contribution is 1.13. The fourth-order valence-electron chi connectivity index (χ4n) is 2.68. The molecule has 0 aliphatic heterocycles. The summed E-state index contributed by atoms with van der Waals surface area (Å²) < 4.78 is 2.99. The maximum absolute atomic E-state index is 6.03. The van der Waals surface area contributed by atoms with Gasteiger partial charge in [-0.2, -0.15) is 0 Å². The number of aromatic nitrogens is 3. The van der Waals surface area contributed by atoms with Gasteiger partial charge in [0, 0.05) is 27.5 Å². The molecule has 2 aromatic heterocycles. The van der Waals surface area contributed by atoms with Crippen molar-refractivity contribution in [2.45, 2.75) is 6.92 Å². The minimum Gasteiger partial charge on any atom is -0.339 e. The fourth-order valence-corrected chi connectivity index (χ4v) is 3.40. The summed E-state index contributed by atoms with van der Waals surface area (Å²) in [5, 5.41) is 4.20. The molecule has 0 fully saturated rings. The molecule has 0 bridgehead atoms. The Morgan fingerprint density at radius 1 is 1.12 bits per heavy atom. The average molecular weight is 414 g/mol. The van der Waals surface area contributed by atoms with Crippen LogP contribution in [0.2, 0.25) is 5.02 Å². The molecule has 0 unspecified atom stereocenters. The zero-order valence-corrected chi connectivity index (χ0v) is 15.7. The first-order chi connectivity index (χ1) is 12.1. The third-order valence-electron chi connectivity index (χ3n) is 3.93. The molecule has 4 rings (SSSR count). The maximum Gasteiger partial charge on any atom is 0.157 e. The third kappa shape index (κ3) is 3.13. The Balaban J connectivity index is 1.88. The largest absolute Gasteiger partial charge is 0.339 e. The summed E-state index contributed by atoms with van der Waals surface area (Å²) in [6, 6.07) is 13.9. The Labute approximate surface area is 158 Å². The molecule has 2 heterocycles. The molecule has 2 aromatic carbocycles. The highest BCUT2D eigenvalue weighted by Gasteiger charge is 2.15. The van der Waals surface area contributed by atoms with Crippen LogP contribution < -0.4 is 5.32 Å². The maximum atomic E-state index is 6.03. The van der Waals surface area contributed by atoms with Gasteiger partial charge in [0.2, 0.25) is 0 Å². The Morgan fingerprint density at radius 2 is 1.92 bits per heavy atom. The number of benzene rings is 2. The zero-order valence-electron chi connectivity index (χ0n) is 13.4. The molecular weight excluding hydrogens is 400 g/mol. The van der Waals surface area contributed by atoms with Gasteiger partial charge >= 0.3 is 0 Å². The van der Waals surface area contributed by atoms with Crippen molar-refractivity contribution in [2.75, 3.05) is 5.32 Å². The topological polar surface area (TPSA) is 42.2 Å². The highest BCUT2D eigenvalue weighted by atomic mass is 79.9. The number of imidazole rings is 1. The quantitative estimate of drug-likeness (QED) is 0.457. The van der Waals surface area contributed by atoms with Crippen molar-refractivity contribution in [3.05, 3.63) is 76.1 Å². The molecule has 4 aromatic rings. The lowest BCUT2D eigenvalue weighted by atomic mass is 10.1. The molecule has 124 valence electrons. The summed E-state index contributed by atoms with van der Waals surface area (Å²) in [5.74, 6) is 0.879. The molecule has 1 N–H and O–H groups in total. The summed E-state index contributed by atoms with van der Waals surface area (Å²) in [6.07, 6.45) is 5.39. The first-order valence-corrected chi connectivity index (χ1v) is 8.90. The lowest BCUT2D eigenvalue weighted by Crippen LogP contribution is -1.98. The van der Waals surface area contributed by atoms with Crippen LogP contribution >= 0.6 is 27.5 Å². The first kappa shape index (κ1) is 16.1. The van der Waals surface area contributed by atoms with E-state index in [4.69, 9.17) is 16.6 Å². The van der Waals surface area contributed by atoms with Crippen LogP contribution in [-0.4, -0.2) is 14.4 Å². The first-order valence-electron chi connectivity index (χ1n) is 7.73. The van der Waals surface area contributed by atoms with Crippen LogP contribution in [0.15, 0.2) is 65.5 Å². The summed E-state index contributed by atoms with van der Waals surface area (Å²) in [4.78, 5) is 8.91. The van der Waals surface area contributed by atoms with Crippen molar-refractivity contribution in [3.8, 4) is 11.3 Å². The van der Waals surface area contributed by atoms with Crippen LogP contribution in [0, 0.1) is 6.92 Å². The molecule has 0 spiro atoms. The van der Waals surface area contributed by atoms with E-state index in [1.54, 1.807) is 12.4 Å². The van der Waals surface area contributed by atoms with E-state index < -0.39 is 0 Å². The van der Waals surface area contributed by atoms with Gasteiger partial charge in [-0.15, -0.1) is 0 Å². The summed E-state index contributed by atoms with van der Waals surface area (Å²) in [6.45, 7) is 2.06. The molecular formula is C19H14BrClN4. The van der Waals surface area contributed by atoms with E-state index in [0.717, 1.165) is 32.9 Å². The van der Waals surface area contributed by atoms with Gasteiger partial charge in [-0.05, 0) is 52.7 Å². The lowest BCUT2D eigenvalue weighted by Gasteiger charge is -2.11. The van der Waals surface area contributed by atoms with Crippen molar-refractivity contribution >= 4 is 44.7 Å². The predicted molar refractivity (Wildman–Crippen MR) is 106 cm³/mol. The van der Waals surface area contributed by atoms with Crippen LogP contribution in [0.1, 0.15) is 5.56 Å². The molecule has 0 radical (unpaired) electrons. The number of nitrogens with one attached hydrogen (secondary N) is 1. The monoisotopic (exact) mass is 412 g/mol. The molecule has 0 amide bonds. The standard InChI is InChI=1S/C19H14BrClN4/c1-12-2-7-16(15(20)10-12)23-19-18(13-3-5-14(21)6-4-13)24-17-11-22-8-9-25(17)19/h2-11,23H,1H3. The van der Waals surface area contributed by atoms with E-state index in [0.29, 0.717) is 5.02 Å². The van der Waals surface area contributed by atoms with Gasteiger partial charge in [0.05, 0.1) is 11.9 Å². The van der Waals surface area contributed by atoms with Crippen molar-refractivity contribution in [1.29, 1.82) is 0 Å². The Bertz CT molecular complexity index is 1060. The molecule has 0 saturated carbocycles. The minimum absolute atomic E-state index is 0.699. The highest BCUT2D eigenvalue weighted by molar-refractivity contribution is 9.10. The van der Waals surface area contributed by atoms with Crippen LogP contribution in [0.4, 0.5) is 11.5 Å². The van der Waals surface area contributed by atoms with Crippen LogP contribution in [0.3, 0.4) is 0 Å². The number of rotatable bonds is 3. The van der Waals surface area contributed by atoms with Crippen molar-refractivity contribution < 1.29 is 0 Å². The summed E-state index contributed by atoms with van der Waals surface area (Å²) in [7, 11) is 0. The summed E-state index contributed by atoms with van der Waals surface area (Å²) in [5.41, 5.74) is 4.77. The second-order valence-corrected chi connectivity index (χ2v) is 7.02. The molecule has 0 saturated heterocycles. The Kier molecular flexibility index (Phi) is 4.19. The normalized spacial score (nSPS) is 11.0. The fraction of sp³-hybridized carbons (Fsp3) is 0.0526. The number of fused-ring (bicyclic) bond motifs is 1. The number of aryl methyl sites for hydroxylation is 1. The number of hydrogen-bond acceptors (Lipinski definition) is 3. The van der Waals surface area contributed by atoms with Gasteiger partial charge in [-0.1, -0.05) is 29.8 Å². The van der Waals surface area contributed by atoms with E-state index in [1.165, 1.54) is 5.56 Å². The number of nitrogens with zero attached hydrogens (tertiary/aromatic N) is 3. The van der Waals surface area contributed by atoms with Crippen LogP contribution in [0.25, 0.3) is 16.9 Å². The third-order valence-corrected chi connectivity index (χ3v) is 4.83. The molecule has 0 atom stereocenters. The Hall–Kier alpha value is -2.37. The van der Waals surface area contributed by atoms with Crippen molar-refractivity contribution in [3.63, 3.8) is 0 Å². The van der Waals surface area contributed by atoms with Gasteiger partial charge in [-0.3, -0.25) is 9.38 Å². The summed E-state index contributed by atoms with van der Waals surface area (Å²) >= 11 is 9.65. The zero-order chi connectivity index (χ0) is 17.4. The van der Waals surface area contributed by atoms with Crippen LogP contribution in [0.5, 0.6) is 0 Å². The second-order valence-electron chi connectivity index (χ2n) is 5.73. The van der Waals surface area contributed by atoms with Gasteiger partial charge in [-0.25, -0.2) is 4.98 Å². The smallest absolute Gasteiger partial charge is 0.157 e. The molecule has 0 aliphatic carbocycles. The van der Waals surface area contributed by atoms with Gasteiger partial charge in [0.15, 0.2) is 5.65 Å². The van der Waals surface area contributed by atoms with Gasteiger partial charge in [0.1, 0.15) is 11.5 Å². The average Bonchev–Trinajstić information content (AvgIpc) is 2.97. The highest BCUT2D eigenvalue weighted by Crippen LogP contribution is 2.34. The predicted octanol–water partition coefficient (Wildman–Crippen LogP) is 5.86. The van der Waals surface area contributed by atoms with E-state index in [1.807, 2.05) is 40.9 Å². The van der Waals surface area contributed by atoms with Gasteiger partial charge < -0.3 is 5.32 Å². The number of hydrogen-bond donors (Lipinski definition) is 1. The van der Waals surface area contributed by atoms with E-state index in [2.05, 4.69) is 45.3 Å². The van der Waals surface area contributed by atoms with Crippen molar-refractivity contribution in [1.82, 2.24) is 14.4 Å². The van der Waals surface area contributed by atoms with E-state index in [9.17, 15) is 0 Å². The molecule has 4 nitrogen and oxygen atoms in total. The van der Waals surface area contributed by atoms with Gasteiger partial charge in [0.25, 0.3) is 0 Å². The molecule has 0 aliphatic rings. The molecule has 6 heteroatoms. The number of anilines is 2. The van der Waals surface area contributed by atoms with Crippen LogP contribution in [-0.2, 0) is 0 Å².